The predicted molar refractivity (Wildman–Crippen MR) is 214 cm³/mol. The summed E-state index contributed by atoms with van der Waals surface area (Å²) in [4.78, 5) is 13.2. The summed E-state index contributed by atoms with van der Waals surface area (Å²) in [7, 11) is 0. The highest BCUT2D eigenvalue weighted by Gasteiger charge is 2.29. The number of thiophene rings is 1. The second-order valence-corrected chi connectivity index (χ2v) is 14.0. The van der Waals surface area contributed by atoms with Crippen LogP contribution in [0.2, 0.25) is 0 Å². The van der Waals surface area contributed by atoms with Crippen molar-refractivity contribution in [1.29, 1.82) is 0 Å². The van der Waals surface area contributed by atoms with Gasteiger partial charge in [-0.1, -0.05) is 133 Å². The van der Waals surface area contributed by atoms with E-state index in [1.807, 2.05) is 0 Å². The molecular formula is C47H31N3S. The fraction of sp³-hybridized carbons (Fsp3) is 0.0213. The van der Waals surface area contributed by atoms with Crippen molar-refractivity contribution in [2.24, 2.45) is 0 Å². The van der Waals surface area contributed by atoms with Gasteiger partial charge in [0.1, 0.15) is 0 Å². The van der Waals surface area contributed by atoms with Crippen LogP contribution in [0.15, 0.2) is 176 Å². The standard InChI is InChI=1S/C47H31N3S/c1-4-14-31(15-5-1)32-24-26-36(27-25-32)50(35-19-8-3-9-20-35)41-29-28-38(40-30-34-18-10-11-21-37(34)43(40)41)47-48-44(33-16-6-2-7-17-33)46-45(49-47)39-22-12-13-23-42(39)51-46/h1-29H,30H2. The van der Waals surface area contributed by atoms with Crippen LogP contribution in [0.25, 0.3) is 65.2 Å². The first kappa shape index (κ1) is 29.5. The van der Waals surface area contributed by atoms with Gasteiger partial charge in [0, 0.05) is 38.2 Å². The van der Waals surface area contributed by atoms with Gasteiger partial charge in [-0.15, -0.1) is 11.3 Å². The SMILES string of the molecule is c1ccc(-c2ccc(N(c3ccccc3)c3ccc(-c4nc(-c5ccccc5)c5sc6ccccc6c5n4)c4c3-c3ccccc3C4)cc2)cc1. The lowest BCUT2D eigenvalue weighted by molar-refractivity contribution is 1.19. The highest BCUT2D eigenvalue weighted by molar-refractivity contribution is 7.26. The van der Waals surface area contributed by atoms with E-state index in [-0.39, 0.29) is 0 Å². The summed E-state index contributed by atoms with van der Waals surface area (Å²) in [5, 5.41) is 1.17. The second kappa shape index (κ2) is 12.2. The molecule has 0 aliphatic heterocycles. The molecular weight excluding hydrogens is 639 g/mol. The van der Waals surface area contributed by atoms with E-state index in [9.17, 15) is 0 Å². The molecule has 0 spiro atoms. The Kier molecular flexibility index (Phi) is 7.07. The molecule has 0 N–H and O–H groups in total. The summed E-state index contributed by atoms with van der Waals surface area (Å²) in [6.45, 7) is 0. The number of anilines is 3. The maximum atomic E-state index is 5.39. The quantitative estimate of drug-likeness (QED) is 0.176. The molecule has 2 aromatic heterocycles. The second-order valence-electron chi connectivity index (χ2n) is 12.9. The van der Waals surface area contributed by atoms with Gasteiger partial charge in [0.2, 0.25) is 0 Å². The summed E-state index contributed by atoms with van der Waals surface area (Å²) in [6, 6.07) is 62.6. The van der Waals surface area contributed by atoms with Gasteiger partial charge in [0.05, 0.1) is 21.6 Å². The van der Waals surface area contributed by atoms with Crippen LogP contribution in [0.1, 0.15) is 11.1 Å². The minimum Gasteiger partial charge on any atom is -0.310 e. The van der Waals surface area contributed by atoms with Gasteiger partial charge in [0.25, 0.3) is 0 Å². The Labute approximate surface area is 300 Å². The molecule has 0 saturated heterocycles. The largest absolute Gasteiger partial charge is 0.310 e. The number of aromatic nitrogens is 2. The van der Waals surface area contributed by atoms with Gasteiger partial charge in [-0.2, -0.15) is 0 Å². The van der Waals surface area contributed by atoms with Crippen molar-refractivity contribution in [2.45, 2.75) is 6.42 Å². The Bertz CT molecular complexity index is 2700. The number of hydrogen-bond acceptors (Lipinski definition) is 4. The van der Waals surface area contributed by atoms with Crippen molar-refractivity contribution in [3.8, 4) is 44.9 Å². The van der Waals surface area contributed by atoms with E-state index in [4.69, 9.17) is 9.97 Å². The Morgan fingerprint density at radius 1 is 0.490 bits per heavy atom. The minimum absolute atomic E-state index is 0.763. The van der Waals surface area contributed by atoms with E-state index >= 15 is 0 Å². The number of rotatable bonds is 6. The Morgan fingerprint density at radius 3 is 1.90 bits per heavy atom. The summed E-state index contributed by atoms with van der Waals surface area (Å²) in [5.41, 5.74) is 15.0. The number of para-hydroxylation sites is 1. The van der Waals surface area contributed by atoms with E-state index < -0.39 is 0 Å². The van der Waals surface area contributed by atoms with E-state index in [0.717, 1.165) is 56.3 Å². The van der Waals surface area contributed by atoms with Crippen molar-refractivity contribution >= 4 is 48.7 Å². The normalized spacial score (nSPS) is 11.8. The first-order valence-electron chi connectivity index (χ1n) is 17.3. The summed E-state index contributed by atoms with van der Waals surface area (Å²) >= 11 is 1.77. The van der Waals surface area contributed by atoms with Crippen LogP contribution in [0.5, 0.6) is 0 Å². The van der Waals surface area contributed by atoms with E-state index in [1.54, 1.807) is 11.3 Å². The molecule has 1 aliphatic rings. The monoisotopic (exact) mass is 669 g/mol. The first-order valence-corrected chi connectivity index (χ1v) is 18.1. The molecule has 0 fully saturated rings. The van der Waals surface area contributed by atoms with Crippen LogP contribution in [0.3, 0.4) is 0 Å². The smallest absolute Gasteiger partial charge is 0.160 e. The van der Waals surface area contributed by atoms with Crippen molar-refractivity contribution in [1.82, 2.24) is 9.97 Å². The minimum atomic E-state index is 0.763. The molecule has 2 heterocycles. The first-order chi connectivity index (χ1) is 25.3. The maximum Gasteiger partial charge on any atom is 0.160 e. The summed E-state index contributed by atoms with van der Waals surface area (Å²) in [5.74, 6) is 0.763. The zero-order valence-corrected chi connectivity index (χ0v) is 28.5. The molecule has 7 aromatic carbocycles. The van der Waals surface area contributed by atoms with Crippen molar-refractivity contribution in [3.63, 3.8) is 0 Å². The predicted octanol–water partition coefficient (Wildman–Crippen LogP) is 12.9. The Balaban J connectivity index is 1.20. The molecule has 0 saturated carbocycles. The number of benzene rings is 7. The Hall–Kier alpha value is -6.36. The molecule has 240 valence electrons. The third kappa shape index (κ3) is 5.03. The highest BCUT2D eigenvalue weighted by atomic mass is 32.1. The summed E-state index contributed by atoms with van der Waals surface area (Å²) in [6.07, 6.45) is 0.816. The number of fused-ring (bicyclic) bond motifs is 6. The van der Waals surface area contributed by atoms with Gasteiger partial charge in [-0.3, -0.25) is 0 Å². The van der Waals surface area contributed by atoms with Crippen LogP contribution in [-0.4, -0.2) is 9.97 Å². The molecule has 1 aliphatic carbocycles. The van der Waals surface area contributed by atoms with Gasteiger partial charge in [-0.25, -0.2) is 9.97 Å². The fourth-order valence-electron chi connectivity index (χ4n) is 7.57. The van der Waals surface area contributed by atoms with Crippen LogP contribution in [0.4, 0.5) is 17.1 Å². The average Bonchev–Trinajstić information content (AvgIpc) is 3.78. The zero-order valence-electron chi connectivity index (χ0n) is 27.7. The van der Waals surface area contributed by atoms with Crippen LogP contribution in [0, 0.1) is 0 Å². The lowest BCUT2D eigenvalue weighted by atomic mass is 9.96. The number of nitrogens with zero attached hydrogens (tertiary/aromatic N) is 3. The summed E-state index contributed by atoms with van der Waals surface area (Å²) < 4.78 is 2.35. The average molecular weight is 670 g/mol. The molecule has 51 heavy (non-hydrogen) atoms. The van der Waals surface area contributed by atoms with Crippen molar-refractivity contribution < 1.29 is 0 Å². The molecule has 4 heteroatoms. The molecule has 0 radical (unpaired) electrons. The molecule has 0 bridgehead atoms. The van der Waals surface area contributed by atoms with Gasteiger partial charge in [-0.05, 0) is 76.7 Å². The molecule has 0 amide bonds. The van der Waals surface area contributed by atoms with Crippen LogP contribution < -0.4 is 4.90 Å². The third-order valence-electron chi connectivity index (χ3n) is 9.94. The molecule has 9 aromatic rings. The van der Waals surface area contributed by atoms with Crippen LogP contribution >= 0.6 is 11.3 Å². The molecule has 0 atom stereocenters. The topological polar surface area (TPSA) is 29.0 Å². The molecule has 0 unspecified atom stereocenters. The molecule has 3 nitrogen and oxygen atoms in total. The molecule has 10 rings (SSSR count). The number of hydrogen-bond donors (Lipinski definition) is 0. The highest BCUT2D eigenvalue weighted by Crippen LogP contribution is 2.50. The van der Waals surface area contributed by atoms with Crippen LogP contribution in [-0.2, 0) is 6.42 Å². The third-order valence-corrected chi connectivity index (χ3v) is 11.1. The van der Waals surface area contributed by atoms with Gasteiger partial charge < -0.3 is 4.90 Å². The van der Waals surface area contributed by atoms with Gasteiger partial charge in [0.15, 0.2) is 5.82 Å². The Morgan fingerprint density at radius 2 is 1.12 bits per heavy atom. The fourth-order valence-corrected chi connectivity index (χ4v) is 8.72. The lowest BCUT2D eigenvalue weighted by Crippen LogP contribution is -2.12. The lowest BCUT2D eigenvalue weighted by Gasteiger charge is -2.28. The maximum absolute atomic E-state index is 5.39. The van der Waals surface area contributed by atoms with Gasteiger partial charge >= 0.3 is 0 Å². The van der Waals surface area contributed by atoms with E-state index in [1.165, 1.54) is 43.5 Å². The van der Waals surface area contributed by atoms with Crippen molar-refractivity contribution in [3.05, 3.63) is 187 Å². The zero-order chi connectivity index (χ0) is 33.7. The van der Waals surface area contributed by atoms with Crippen molar-refractivity contribution in [2.75, 3.05) is 4.90 Å². The van der Waals surface area contributed by atoms with E-state index in [0.29, 0.717) is 0 Å². The van der Waals surface area contributed by atoms with E-state index in [2.05, 4.69) is 181 Å².